The maximum absolute atomic E-state index is 12.3. The second kappa shape index (κ2) is 11.1. The van der Waals surface area contributed by atoms with Crippen molar-refractivity contribution in [3.8, 4) is 22.9 Å². The first-order valence-electron chi connectivity index (χ1n) is 10.0. The van der Waals surface area contributed by atoms with Crippen molar-refractivity contribution in [2.45, 2.75) is 13.8 Å². The smallest absolute Gasteiger partial charge is 0.872 e. The van der Waals surface area contributed by atoms with Gasteiger partial charge in [-0.1, -0.05) is 83.8 Å². The van der Waals surface area contributed by atoms with Gasteiger partial charge in [-0.15, -0.1) is 10.2 Å². The van der Waals surface area contributed by atoms with Crippen molar-refractivity contribution in [3.05, 3.63) is 88.9 Å². The van der Waals surface area contributed by atoms with Gasteiger partial charge in [-0.2, -0.15) is 14.9 Å². The molecular formula is C24H19ClN6O2Zn. The maximum atomic E-state index is 12.3. The molecule has 0 bridgehead atoms. The monoisotopic (exact) mass is 522 g/mol. The van der Waals surface area contributed by atoms with Crippen LogP contribution in [0.4, 0.5) is 5.95 Å². The Balaban J connectivity index is 0.00000324. The van der Waals surface area contributed by atoms with E-state index in [-0.39, 0.29) is 36.9 Å². The average Bonchev–Trinajstić information content (AvgIpc) is 3.20. The topological polar surface area (TPSA) is 114 Å². The number of hydrogen-bond acceptors (Lipinski definition) is 7. The molecule has 10 heteroatoms. The molecule has 1 N–H and O–H groups in total. The minimum absolute atomic E-state index is 0. The number of rotatable bonds is 6. The predicted octanol–water partition coefficient (Wildman–Crippen LogP) is 3.85. The molecule has 0 radical (unpaired) electrons. The van der Waals surface area contributed by atoms with Crippen LogP contribution in [0.2, 0.25) is 5.02 Å². The first-order chi connectivity index (χ1) is 16.0. The number of hydrazone groups is 1. The van der Waals surface area contributed by atoms with Crippen LogP contribution in [0.3, 0.4) is 0 Å². The molecule has 0 aliphatic carbocycles. The molecule has 4 aromatic rings. The van der Waals surface area contributed by atoms with Crippen molar-refractivity contribution in [3.63, 3.8) is 0 Å². The van der Waals surface area contributed by atoms with Crippen LogP contribution >= 0.6 is 11.6 Å². The summed E-state index contributed by atoms with van der Waals surface area (Å²) in [5.41, 5.74) is 5.28. The van der Waals surface area contributed by atoms with Gasteiger partial charge in [0.15, 0.2) is 5.82 Å². The fraction of sp³-hybridized carbons (Fsp3) is 0.0833. The van der Waals surface area contributed by atoms with Crippen LogP contribution in [0.25, 0.3) is 11.4 Å². The maximum Gasteiger partial charge on any atom is 2.00 e. The Bertz CT molecular complexity index is 1370. The van der Waals surface area contributed by atoms with Crippen molar-refractivity contribution < 1.29 is 29.7 Å². The number of nitrogens with one attached hydrogen (secondary N) is 1. The van der Waals surface area contributed by atoms with Gasteiger partial charge in [0.25, 0.3) is 5.95 Å². The third-order valence-electron chi connectivity index (χ3n) is 4.88. The van der Waals surface area contributed by atoms with Crippen molar-refractivity contribution in [1.82, 2.24) is 14.9 Å². The van der Waals surface area contributed by atoms with Gasteiger partial charge in [0.2, 0.25) is 0 Å². The fourth-order valence-electron chi connectivity index (χ4n) is 3.18. The van der Waals surface area contributed by atoms with E-state index >= 15 is 0 Å². The number of hydrogen-bond donors (Lipinski definition) is 1. The second-order valence-corrected chi connectivity index (χ2v) is 7.53. The summed E-state index contributed by atoms with van der Waals surface area (Å²) in [6.45, 7) is 3.43. The van der Waals surface area contributed by atoms with Crippen LogP contribution in [-0.2, 0) is 19.5 Å². The zero-order valence-electron chi connectivity index (χ0n) is 18.6. The minimum atomic E-state index is -0.151. The number of benzene rings is 3. The van der Waals surface area contributed by atoms with Crippen LogP contribution < -0.4 is 15.6 Å². The van der Waals surface area contributed by atoms with Gasteiger partial charge in [-0.25, -0.2) is 5.43 Å². The van der Waals surface area contributed by atoms with Crippen molar-refractivity contribution in [1.29, 1.82) is 0 Å². The van der Waals surface area contributed by atoms with Gasteiger partial charge in [0.05, 0.1) is 16.4 Å². The van der Waals surface area contributed by atoms with Gasteiger partial charge in [0, 0.05) is 5.56 Å². The summed E-state index contributed by atoms with van der Waals surface area (Å²) in [6.07, 6.45) is 0. The molecule has 0 atom stereocenters. The normalized spacial score (nSPS) is 11.7. The third kappa shape index (κ3) is 5.33. The molecule has 0 amide bonds. The molecule has 0 unspecified atom stereocenters. The van der Waals surface area contributed by atoms with Crippen LogP contribution in [0.15, 0.2) is 83.0 Å². The van der Waals surface area contributed by atoms with E-state index in [0.29, 0.717) is 39.0 Å². The van der Waals surface area contributed by atoms with E-state index in [1.165, 1.54) is 16.8 Å². The molecule has 0 saturated carbocycles. The van der Waals surface area contributed by atoms with E-state index in [9.17, 15) is 10.2 Å². The summed E-state index contributed by atoms with van der Waals surface area (Å²) in [7, 11) is 0. The van der Waals surface area contributed by atoms with E-state index in [0.717, 1.165) is 0 Å². The van der Waals surface area contributed by atoms with Gasteiger partial charge in [0.1, 0.15) is 0 Å². The summed E-state index contributed by atoms with van der Waals surface area (Å²) in [6, 6.07) is 20.4. The average molecular weight is 524 g/mol. The van der Waals surface area contributed by atoms with Crippen LogP contribution in [0.1, 0.15) is 25.0 Å². The predicted molar refractivity (Wildman–Crippen MR) is 126 cm³/mol. The zero-order chi connectivity index (χ0) is 23.4. The summed E-state index contributed by atoms with van der Waals surface area (Å²) >= 11 is 6.38. The molecule has 0 fully saturated rings. The minimum Gasteiger partial charge on any atom is -0.872 e. The molecule has 34 heavy (non-hydrogen) atoms. The van der Waals surface area contributed by atoms with Crippen LogP contribution in [0.5, 0.6) is 11.5 Å². The number of aromatic nitrogens is 3. The molecule has 0 aliphatic rings. The molecule has 1 aromatic heterocycles. The Kier molecular flexibility index (Phi) is 8.15. The standard InChI is InChI=1S/C24H21ClN6O2.Zn/c1-15(17-9-4-7-13-21(17)32)26-28-24-29-27-23(19-11-3-6-12-20(19)25)31(24)30-16(2)18-10-5-8-14-22(18)33;/h3-14,32-33H,1-2H3,(H,28,29);/q;+2/p-2/b26-15+,30-16+;. The number of nitrogens with zero attached hydrogens (tertiary/aromatic N) is 5. The van der Waals surface area contributed by atoms with E-state index in [1.807, 2.05) is 12.1 Å². The molecule has 8 nitrogen and oxygen atoms in total. The Morgan fingerprint density at radius 2 is 1.38 bits per heavy atom. The number of anilines is 1. The molecule has 1 heterocycles. The van der Waals surface area contributed by atoms with Gasteiger partial charge < -0.3 is 10.2 Å². The Labute approximate surface area is 214 Å². The van der Waals surface area contributed by atoms with E-state index in [1.54, 1.807) is 62.4 Å². The van der Waals surface area contributed by atoms with Crippen LogP contribution in [0, 0.1) is 0 Å². The summed E-state index contributed by atoms with van der Waals surface area (Å²) < 4.78 is 1.43. The molecule has 166 valence electrons. The van der Waals surface area contributed by atoms with Crippen molar-refractivity contribution in [2.75, 3.05) is 5.43 Å². The van der Waals surface area contributed by atoms with Gasteiger partial charge in [-0.3, -0.25) is 0 Å². The molecule has 0 saturated heterocycles. The molecule has 4 rings (SSSR count). The van der Waals surface area contributed by atoms with Crippen molar-refractivity contribution in [2.24, 2.45) is 10.2 Å². The third-order valence-corrected chi connectivity index (χ3v) is 5.21. The Morgan fingerprint density at radius 3 is 2.00 bits per heavy atom. The summed E-state index contributed by atoms with van der Waals surface area (Å²) in [5.74, 6) is 0.263. The number of para-hydroxylation sites is 2. The molecule has 0 spiro atoms. The molecule has 0 aliphatic heterocycles. The number of halogens is 1. The quantitative estimate of drug-likeness (QED) is 0.234. The SMILES string of the molecule is C/C(=N\Nc1nnc(-c2ccccc2Cl)n1/N=C(\C)c1ccccc1[O-])c1ccccc1[O-].[Zn+2]. The summed E-state index contributed by atoms with van der Waals surface area (Å²) in [5, 5.41) is 42.1. The largest absolute Gasteiger partial charge is 2.00 e. The second-order valence-electron chi connectivity index (χ2n) is 7.13. The first-order valence-corrected chi connectivity index (χ1v) is 10.4. The summed E-state index contributed by atoms with van der Waals surface area (Å²) in [4.78, 5) is 0. The molecule has 3 aromatic carbocycles. The Hall–Kier alpha value is -3.55. The molecular weight excluding hydrogens is 505 g/mol. The van der Waals surface area contributed by atoms with Crippen LogP contribution in [-0.4, -0.2) is 26.3 Å². The van der Waals surface area contributed by atoms with Gasteiger partial charge >= 0.3 is 19.5 Å². The van der Waals surface area contributed by atoms with Crippen molar-refractivity contribution >= 4 is 29.0 Å². The van der Waals surface area contributed by atoms with Gasteiger partial charge in [-0.05, 0) is 37.1 Å². The van der Waals surface area contributed by atoms with E-state index < -0.39 is 0 Å². The Morgan fingerprint density at radius 1 is 0.824 bits per heavy atom. The fourth-order valence-corrected chi connectivity index (χ4v) is 3.40. The first kappa shape index (κ1) is 25.1. The van der Waals surface area contributed by atoms with E-state index in [2.05, 4.69) is 25.8 Å². The van der Waals surface area contributed by atoms with E-state index in [4.69, 9.17) is 11.6 Å². The zero-order valence-corrected chi connectivity index (χ0v) is 22.3.